The van der Waals surface area contributed by atoms with Gasteiger partial charge in [-0.3, -0.25) is 9.78 Å². The number of hydrogen-bond donors (Lipinski definition) is 1. The summed E-state index contributed by atoms with van der Waals surface area (Å²) >= 11 is 0. The zero-order valence-electron chi connectivity index (χ0n) is 18.8. The molecular formula is C24H31N7O4. The highest BCUT2D eigenvalue weighted by Gasteiger charge is 2.57. The summed E-state index contributed by atoms with van der Waals surface area (Å²) in [5, 5.41) is 21.8. The predicted octanol–water partition coefficient (Wildman–Crippen LogP) is 1.26. The maximum Gasteiger partial charge on any atom is 0.333 e. The minimum Gasteiger partial charge on any atom is -0.456 e. The van der Waals surface area contributed by atoms with Gasteiger partial charge in [0, 0.05) is 18.7 Å². The molecule has 3 fully saturated rings. The second-order valence-electron chi connectivity index (χ2n) is 9.82. The zero-order valence-corrected chi connectivity index (χ0v) is 18.8. The summed E-state index contributed by atoms with van der Waals surface area (Å²) in [5.74, 6) is 0.317. The lowest BCUT2D eigenvalue weighted by molar-refractivity contribution is -0.139. The first-order chi connectivity index (χ1) is 16.5. The fraction of sp³-hybridized carbons (Fsp3) is 0.583. The zero-order chi connectivity index (χ0) is 23.3. The summed E-state index contributed by atoms with van der Waals surface area (Å²) in [7, 11) is 0. The number of β-amino-alcohol motifs (C(OH)–C–C–N with tert-alkyl or cyclic N) is 1. The van der Waals surface area contributed by atoms with E-state index in [4.69, 9.17) is 4.74 Å². The second-order valence-corrected chi connectivity index (χ2v) is 9.82. The number of aliphatic hydroxyl groups is 1. The first-order valence-electron chi connectivity index (χ1n) is 11.8. The quantitative estimate of drug-likeness (QED) is 0.607. The van der Waals surface area contributed by atoms with Crippen molar-refractivity contribution in [3.05, 3.63) is 42.1 Å². The number of hydrogen-bond acceptors (Lipinski definition) is 9. The lowest BCUT2D eigenvalue weighted by atomic mass is 9.75. The molecule has 11 heteroatoms. The van der Waals surface area contributed by atoms with Gasteiger partial charge in [0.1, 0.15) is 19.0 Å². The van der Waals surface area contributed by atoms with Gasteiger partial charge in [-0.15, -0.1) is 5.10 Å². The predicted molar refractivity (Wildman–Crippen MR) is 124 cm³/mol. The van der Waals surface area contributed by atoms with Gasteiger partial charge in [0.15, 0.2) is 0 Å². The van der Waals surface area contributed by atoms with Crippen LogP contribution in [0.2, 0.25) is 0 Å². The van der Waals surface area contributed by atoms with E-state index in [9.17, 15) is 14.7 Å². The van der Waals surface area contributed by atoms with Gasteiger partial charge in [-0.1, -0.05) is 7.43 Å². The van der Waals surface area contributed by atoms with Crippen molar-refractivity contribution >= 4 is 11.9 Å². The van der Waals surface area contributed by atoms with Crippen LogP contribution >= 0.6 is 0 Å². The average molecular weight is 482 g/mol. The van der Waals surface area contributed by atoms with E-state index in [1.165, 1.54) is 17.1 Å². The number of nitrogens with zero attached hydrogens (tertiary/aromatic N) is 7. The van der Waals surface area contributed by atoms with E-state index in [2.05, 4.69) is 25.4 Å². The molecule has 0 radical (unpaired) electrons. The van der Waals surface area contributed by atoms with Crippen LogP contribution < -0.4 is 0 Å². The standard InChI is InChI=1S/C23H27N7O4.CH4/c31-20(18-4-3-16(11-24-18)29-14-25-26-27-29)12-28-7-5-23(6-8-28)10-19(15-1-2-15)30(22(23)33)17-9-21(32)34-13-17;/h3-4,9,11,14-15,19-20,31H,1-2,5-8,10,12-13H2;1H4/t19?,20-;/m0./s1. The van der Waals surface area contributed by atoms with Crippen LogP contribution in [0.25, 0.3) is 5.69 Å². The molecule has 4 aliphatic rings. The second kappa shape index (κ2) is 9.12. The molecule has 2 atom stereocenters. The van der Waals surface area contributed by atoms with Crippen LogP contribution in [0.5, 0.6) is 0 Å². The van der Waals surface area contributed by atoms with E-state index in [1.807, 2.05) is 11.0 Å². The van der Waals surface area contributed by atoms with Crippen LogP contribution in [0, 0.1) is 11.3 Å². The molecular weight excluding hydrogens is 450 g/mol. The van der Waals surface area contributed by atoms with Gasteiger partial charge in [-0.2, -0.15) is 4.68 Å². The summed E-state index contributed by atoms with van der Waals surface area (Å²) in [6.45, 7) is 2.14. The van der Waals surface area contributed by atoms with E-state index in [1.54, 1.807) is 12.3 Å². The summed E-state index contributed by atoms with van der Waals surface area (Å²) in [5.41, 5.74) is 1.65. The van der Waals surface area contributed by atoms with Gasteiger partial charge < -0.3 is 19.6 Å². The number of piperidine rings is 1. The minimum absolute atomic E-state index is 0. The first-order valence-corrected chi connectivity index (χ1v) is 11.8. The Morgan fingerprint density at radius 1 is 1.20 bits per heavy atom. The third kappa shape index (κ3) is 4.34. The molecule has 2 aromatic rings. The number of carbonyl (C=O) groups excluding carboxylic acids is 2. The largest absolute Gasteiger partial charge is 0.456 e. The molecule has 1 spiro atoms. The maximum atomic E-state index is 13.6. The van der Waals surface area contributed by atoms with E-state index in [0.717, 1.165) is 56.6 Å². The van der Waals surface area contributed by atoms with Crippen LogP contribution in [0.1, 0.15) is 51.3 Å². The monoisotopic (exact) mass is 481 g/mol. The van der Waals surface area contributed by atoms with Crippen LogP contribution in [-0.4, -0.2) is 84.3 Å². The van der Waals surface area contributed by atoms with Gasteiger partial charge in [0.2, 0.25) is 5.91 Å². The fourth-order valence-corrected chi connectivity index (χ4v) is 5.62. The number of carbonyl (C=O) groups is 2. The molecule has 6 rings (SSSR count). The SMILES string of the molecule is C.O=C1C=C(N2C(=O)C3(CCN(C[C@H](O)c4ccc(-n5cnnn5)cn4)CC3)CC2C2CC2)CO1. The van der Waals surface area contributed by atoms with Crippen molar-refractivity contribution in [2.75, 3.05) is 26.2 Å². The van der Waals surface area contributed by atoms with Crippen LogP contribution in [0.3, 0.4) is 0 Å². The number of aromatic nitrogens is 5. The molecule has 5 heterocycles. The van der Waals surface area contributed by atoms with Crippen molar-refractivity contribution in [1.82, 2.24) is 35.0 Å². The van der Waals surface area contributed by atoms with Crippen molar-refractivity contribution in [2.24, 2.45) is 11.3 Å². The normalized spacial score (nSPS) is 24.9. The molecule has 1 amide bonds. The van der Waals surface area contributed by atoms with Gasteiger partial charge in [-0.25, -0.2) is 4.79 Å². The molecule has 3 aliphatic heterocycles. The maximum absolute atomic E-state index is 13.6. The Hall–Kier alpha value is -3.18. The van der Waals surface area contributed by atoms with Crippen molar-refractivity contribution in [1.29, 1.82) is 0 Å². The van der Waals surface area contributed by atoms with Crippen molar-refractivity contribution in [3.63, 3.8) is 0 Å². The third-order valence-electron chi connectivity index (χ3n) is 7.70. The molecule has 1 saturated carbocycles. The summed E-state index contributed by atoms with van der Waals surface area (Å²) in [6.07, 6.45) is 8.53. The topological polar surface area (TPSA) is 127 Å². The average Bonchev–Trinajstić information content (AvgIpc) is 3.24. The van der Waals surface area contributed by atoms with Crippen molar-refractivity contribution < 1.29 is 19.4 Å². The Bertz CT molecular complexity index is 1110. The molecule has 186 valence electrons. The third-order valence-corrected chi connectivity index (χ3v) is 7.70. The number of rotatable bonds is 6. The summed E-state index contributed by atoms with van der Waals surface area (Å²) in [6, 6.07) is 3.78. The number of tetrazole rings is 1. The molecule has 0 aromatic carbocycles. The van der Waals surface area contributed by atoms with Gasteiger partial charge >= 0.3 is 5.97 Å². The minimum atomic E-state index is -0.723. The van der Waals surface area contributed by atoms with Crippen molar-refractivity contribution in [3.8, 4) is 5.69 Å². The highest BCUT2D eigenvalue weighted by molar-refractivity contribution is 5.91. The molecule has 35 heavy (non-hydrogen) atoms. The molecule has 2 aromatic heterocycles. The first kappa shape index (κ1) is 23.6. The number of likely N-dealkylation sites (tertiary alicyclic amines) is 2. The number of amides is 1. The number of esters is 1. The number of aliphatic hydroxyl groups excluding tert-OH is 1. The van der Waals surface area contributed by atoms with Crippen LogP contribution in [0.4, 0.5) is 0 Å². The Balaban J connectivity index is 0.00000253. The number of ether oxygens (including phenoxy) is 1. The van der Waals surface area contributed by atoms with Crippen LogP contribution in [-0.2, 0) is 14.3 Å². The highest BCUT2D eigenvalue weighted by Crippen LogP contribution is 2.52. The van der Waals surface area contributed by atoms with Gasteiger partial charge in [-0.05, 0) is 73.7 Å². The fourth-order valence-electron chi connectivity index (χ4n) is 5.62. The molecule has 0 bridgehead atoms. The smallest absolute Gasteiger partial charge is 0.333 e. The highest BCUT2D eigenvalue weighted by atomic mass is 16.5. The Morgan fingerprint density at radius 2 is 2.00 bits per heavy atom. The van der Waals surface area contributed by atoms with E-state index >= 15 is 0 Å². The lowest BCUT2D eigenvalue weighted by Gasteiger charge is -2.38. The molecule has 1 unspecified atom stereocenters. The number of cyclic esters (lactones) is 1. The van der Waals surface area contributed by atoms with Gasteiger partial charge in [0.05, 0.1) is 28.7 Å². The molecule has 1 aliphatic carbocycles. The van der Waals surface area contributed by atoms with Gasteiger partial charge in [0.25, 0.3) is 0 Å². The molecule has 1 N–H and O–H groups in total. The summed E-state index contributed by atoms with van der Waals surface area (Å²) < 4.78 is 6.61. The van der Waals surface area contributed by atoms with E-state index < -0.39 is 6.10 Å². The Kier molecular flexibility index (Phi) is 6.14. The molecule has 2 saturated heterocycles. The van der Waals surface area contributed by atoms with E-state index in [-0.39, 0.29) is 37.4 Å². The molecule has 11 nitrogen and oxygen atoms in total. The van der Waals surface area contributed by atoms with Crippen molar-refractivity contribution in [2.45, 2.75) is 51.7 Å². The van der Waals surface area contributed by atoms with E-state index in [0.29, 0.717) is 18.2 Å². The number of pyridine rings is 1. The van der Waals surface area contributed by atoms with Crippen LogP contribution in [0.15, 0.2) is 36.4 Å². The lowest BCUT2D eigenvalue weighted by Crippen LogP contribution is -2.45. The summed E-state index contributed by atoms with van der Waals surface area (Å²) in [4.78, 5) is 33.7. The Labute approximate surface area is 203 Å². The Morgan fingerprint density at radius 3 is 2.60 bits per heavy atom.